The summed E-state index contributed by atoms with van der Waals surface area (Å²) in [5.41, 5.74) is 12.7. The first-order chi connectivity index (χ1) is 23.1. The summed E-state index contributed by atoms with van der Waals surface area (Å²) >= 11 is 0. The molecule has 8 aromatic rings. The lowest BCUT2D eigenvalue weighted by Crippen LogP contribution is -1.93. The van der Waals surface area contributed by atoms with Crippen LogP contribution >= 0.6 is 0 Å². The Morgan fingerprint density at radius 3 is 1.79 bits per heavy atom. The molecule has 0 amide bonds. The van der Waals surface area contributed by atoms with Gasteiger partial charge in [-0.3, -0.25) is 9.97 Å². The summed E-state index contributed by atoms with van der Waals surface area (Å²) < 4.78 is 2.01. The number of phenols is 1. The number of fused-ring (bicyclic) bond motifs is 1. The third-order valence-electron chi connectivity index (χ3n) is 8.64. The summed E-state index contributed by atoms with van der Waals surface area (Å²) in [7, 11) is 1.97. The number of hydrogen-bond donors (Lipinski definition) is 1. The number of benzene rings is 5. The standard InChI is InChI=1S/C42H30N4O/c1-46-38-21-23-44-40(41(38)45-42(46)36-14-8-9-15-39(36)47)35-25-33(29-12-6-3-7-13-29)24-34(26-35)37-27-32(20-22-43-37)31-18-16-30(17-19-31)28-10-4-2-5-11-28/h2-27,47H,1H3. The molecular weight excluding hydrogens is 576 g/mol. The van der Waals surface area contributed by atoms with Crippen LogP contribution in [0.15, 0.2) is 158 Å². The Hall–Kier alpha value is -6.33. The van der Waals surface area contributed by atoms with Gasteiger partial charge in [-0.2, -0.15) is 0 Å². The van der Waals surface area contributed by atoms with Crippen LogP contribution in [0, 0.1) is 0 Å². The lowest BCUT2D eigenvalue weighted by Gasteiger charge is -2.12. The molecule has 8 rings (SSSR count). The molecule has 0 fully saturated rings. The normalized spacial score (nSPS) is 11.2. The number of phenolic OH excluding ortho intramolecular Hbond substituents is 1. The zero-order valence-electron chi connectivity index (χ0n) is 25.7. The van der Waals surface area contributed by atoms with Gasteiger partial charge in [0.05, 0.1) is 22.5 Å². The number of aromatic nitrogens is 4. The van der Waals surface area contributed by atoms with Gasteiger partial charge in [-0.1, -0.05) is 97.1 Å². The van der Waals surface area contributed by atoms with E-state index in [0.717, 1.165) is 55.8 Å². The van der Waals surface area contributed by atoms with E-state index in [1.807, 2.05) is 60.4 Å². The van der Waals surface area contributed by atoms with Gasteiger partial charge in [-0.05, 0) is 81.9 Å². The highest BCUT2D eigenvalue weighted by Crippen LogP contribution is 2.37. The summed E-state index contributed by atoms with van der Waals surface area (Å²) in [6.07, 6.45) is 3.70. The average molecular weight is 607 g/mol. The number of para-hydroxylation sites is 1. The van der Waals surface area contributed by atoms with E-state index in [0.29, 0.717) is 11.4 Å². The Balaban J connectivity index is 1.25. The highest BCUT2D eigenvalue weighted by molar-refractivity contribution is 5.94. The van der Waals surface area contributed by atoms with E-state index in [-0.39, 0.29) is 5.75 Å². The smallest absolute Gasteiger partial charge is 0.144 e. The van der Waals surface area contributed by atoms with Gasteiger partial charge >= 0.3 is 0 Å². The van der Waals surface area contributed by atoms with Crippen molar-refractivity contribution in [1.29, 1.82) is 0 Å². The number of nitrogens with zero attached hydrogens (tertiary/aromatic N) is 4. The van der Waals surface area contributed by atoms with Gasteiger partial charge in [0.1, 0.15) is 17.1 Å². The van der Waals surface area contributed by atoms with Crippen LogP contribution in [0.1, 0.15) is 0 Å². The summed E-state index contributed by atoms with van der Waals surface area (Å²) in [5, 5.41) is 10.6. The van der Waals surface area contributed by atoms with Crippen molar-refractivity contribution in [2.75, 3.05) is 0 Å². The lowest BCUT2D eigenvalue weighted by atomic mass is 9.95. The van der Waals surface area contributed by atoms with Crippen molar-refractivity contribution in [2.24, 2.45) is 7.05 Å². The molecule has 0 aliphatic heterocycles. The first kappa shape index (κ1) is 28.2. The molecule has 0 radical (unpaired) electrons. The molecule has 47 heavy (non-hydrogen) atoms. The third kappa shape index (κ3) is 5.34. The molecule has 0 aliphatic carbocycles. The molecule has 224 valence electrons. The molecule has 0 unspecified atom stereocenters. The van der Waals surface area contributed by atoms with Crippen molar-refractivity contribution in [3.05, 3.63) is 158 Å². The van der Waals surface area contributed by atoms with Crippen molar-refractivity contribution in [2.45, 2.75) is 0 Å². The molecule has 3 aromatic heterocycles. The SMILES string of the molecule is Cn1c(-c2ccccc2O)nc2c(-c3cc(-c4ccccc4)cc(-c4cc(-c5ccc(-c6ccccc6)cc5)ccn4)c3)nccc21. The second-order valence-corrected chi connectivity index (χ2v) is 11.6. The Labute approximate surface area is 273 Å². The predicted octanol–water partition coefficient (Wildman–Crippen LogP) is 10.1. The molecular formula is C42H30N4O. The van der Waals surface area contributed by atoms with Crippen LogP contribution in [-0.4, -0.2) is 24.6 Å². The summed E-state index contributed by atoms with van der Waals surface area (Å²) in [6.45, 7) is 0. The first-order valence-electron chi connectivity index (χ1n) is 15.6. The third-order valence-corrected chi connectivity index (χ3v) is 8.64. The van der Waals surface area contributed by atoms with Gasteiger partial charge in [0.2, 0.25) is 0 Å². The second-order valence-electron chi connectivity index (χ2n) is 11.6. The lowest BCUT2D eigenvalue weighted by molar-refractivity contribution is 0.476. The van der Waals surface area contributed by atoms with Crippen LogP contribution in [-0.2, 0) is 7.05 Å². The van der Waals surface area contributed by atoms with Gasteiger partial charge in [0.25, 0.3) is 0 Å². The minimum atomic E-state index is 0.189. The van der Waals surface area contributed by atoms with Gasteiger partial charge < -0.3 is 9.67 Å². The van der Waals surface area contributed by atoms with Gasteiger partial charge in [0, 0.05) is 30.6 Å². The fourth-order valence-electron chi connectivity index (χ4n) is 6.20. The van der Waals surface area contributed by atoms with E-state index >= 15 is 0 Å². The molecule has 5 heteroatoms. The summed E-state index contributed by atoms with van der Waals surface area (Å²) in [6, 6.07) is 49.4. The van der Waals surface area contributed by atoms with Crippen molar-refractivity contribution in [3.63, 3.8) is 0 Å². The number of hydrogen-bond acceptors (Lipinski definition) is 4. The maximum Gasteiger partial charge on any atom is 0.144 e. The fourth-order valence-corrected chi connectivity index (χ4v) is 6.20. The number of pyridine rings is 2. The van der Waals surface area contributed by atoms with Gasteiger partial charge in [-0.25, -0.2) is 4.98 Å². The molecule has 0 spiro atoms. The molecule has 0 aliphatic rings. The zero-order chi connectivity index (χ0) is 31.7. The molecule has 0 saturated carbocycles. The fraction of sp³-hybridized carbons (Fsp3) is 0.0238. The molecule has 5 aromatic carbocycles. The second kappa shape index (κ2) is 11.9. The van der Waals surface area contributed by atoms with Crippen molar-refractivity contribution >= 4 is 11.0 Å². The Bertz CT molecular complexity index is 2360. The van der Waals surface area contributed by atoms with Crippen molar-refractivity contribution < 1.29 is 5.11 Å². The van der Waals surface area contributed by atoms with Crippen LogP contribution in [0.5, 0.6) is 5.75 Å². The van der Waals surface area contributed by atoms with Crippen LogP contribution in [0.4, 0.5) is 0 Å². The summed E-state index contributed by atoms with van der Waals surface area (Å²) in [4.78, 5) is 14.7. The van der Waals surface area contributed by atoms with E-state index in [1.54, 1.807) is 6.07 Å². The maximum absolute atomic E-state index is 10.6. The maximum atomic E-state index is 10.6. The van der Waals surface area contributed by atoms with Gasteiger partial charge in [0.15, 0.2) is 0 Å². The molecule has 1 N–H and O–H groups in total. The van der Waals surface area contributed by atoms with Crippen molar-refractivity contribution in [1.82, 2.24) is 19.5 Å². The molecule has 0 bridgehead atoms. The van der Waals surface area contributed by atoms with E-state index in [4.69, 9.17) is 15.0 Å². The molecule has 5 nitrogen and oxygen atoms in total. The summed E-state index contributed by atoms with van der Waals surface area (Å²) in [5.74, 6) is 0.869. The van der Waals surface area contributed by atoms with Gasteiger partial charge in [-0.15, -0.1) is 0 Å². The molecule has 0 atom stereocenters. The number of aromatic hydroxyl groups is 1. The van der Waals surface area contributed by atoms with Crippen LogP contribution < -0.4 is 0 Å². The Morgan fingerprint density at radius 1 is 0.489 bits per heavy atom. The van der Waals surface area contributed by atoms with Crippen molar-refractivity contribution in [3.8, 4) is 73.0 Å². The highest BCUT2D eigenvalue weighted by atomic mass is 16.3. The van der Waals surface area contributed by atoms with E-state index in [1.165, 1.54) is 11.1 Å². The molecule has 0 saturated heterocycles. The number of aryl methyl sites for hydroxylation is 1. The number of rotatable bonds is 6. The van der Waals surface area contributed by atoms with E-state index < -0.39 is 0 Å². The zero-order valence-corrected chi connectivity index (χ0v) is 25.7. The predicted molar refractivity (Wildman–Crippen MR) is 191 cm³/mol. The minimum absolute atomic E-state index is 0.189. The Morgan fingerprint density at radius 2 is 1.06 bits per heavy atom. The monoisotopic (exact) mass is 606 g/mol. The average Bonchev–Trinajstić information content (AvgIpc) is 3.48. The quantitative estimate of drug-likeness (QED) is 0.205. The van der Waals surface area contributed by atoms with E-state index in [9.17, 15) is 5.11 Å². The van der Waals surface area contributed by atoms with Crippen LogP contribution in [0.2, 0.25) is 0 Å². The van der Waals surface area contributed by atoms with Crippen LogP contribution in [0.3, 0.4) is 0 Å². The minimum Gasteiger partial charge on any atom is -0.507 e. The topological polar surface area (TPSA) is 63.8 Å². The number of imidazole rings is 1. The highest BCUT2D eigenvalue weighted by Gasteiger charge is 2.18. The molecule has 3 heterocycles. The Kier molecular flexibility index (Phi) is 7.12. The van der Waals surface area contributed by atoms with Crippen LogP contribution in [0.25, 0.3) is 78.3 Å². The largest absolute Gasteiger partial charge is 0.507 e. The first-order valence-corrected chi connectivity index (χ1v) is 15.6. The van der Waals surface area contributed by atoms with E-state index in [2.05, 4.69) is 103 Å².